The summed E-state index contributed by atoms with van der Waals surface area (Å²) in [4.78, 5) is 28.7. The number of nitrogens with zero attached hydrogens (tertiary/aromatic N) is 4. The van der Waals surface area contributed by atoms with Crippen molar-refractivity contribution in [3.63, 3.8) is 0 Å². The number of nitrogens with one attached hydrogen (secondary N) is 1. The zero-order chi connectivity index (χ0) is 25.2. The number of unbranched alkanes of at least 4 members (excludes halogenated alkanes) is 1. The predicted octanol–water partition coefficient (Wildman–Crippen LogP) is 2.58. The molecule has 1 heterocycles. The number of amides is 2. The van der Waals surface area contributed by atoms with Gasteiger partial charge in [0.1, 0.15) is 18.1 Å². The maximum Gasteiger partial charge on any atom is 0.247 e. The van der Waals surface area contributed by atoms with E-state index in [9.17, 15) is 9.59 Å². The van der Waals surface area contributed by atoms with Crippen LogP contribution in [0.2, 0.25) is 0 Å². The SMILES string of the molecule is CCCCN(C(=O)Cn1nnc2ccccc21)C(C(=O)NCCOC)c1ccc(OC)c(OC)c1. The van der Waals surface area contributed by atoms with Crippen molar-refractivity contribution in [2.24, 2.45) is 0 Å². The Morgan fingerprint density at radius 1 is 1.09 bits per heavy atom. The molecule has 1 unspecified atom stereocenters. The first-order valence-electron chi connectivity index (χ1n) is 11.6. The van der Waals surface area contributed by atoms with Gasteiger partial charge in [-0.1, -0.05) is 36.8 Å². The van der Waals surface area contributed by atoms with Gasteiger partial charge in [-0.15, -0.1) is 5.10 Å². The second-order valence-corrected chi connectivity index (χ2v) is 7.98. The van der Waals surface area contributed by atoms with Crippen LogP contribution in [0.25, 0.3) is 11.0 Å². The minimum absolute atomic E-state index is 0.0423. The topological polar surface area (TPSA) is 108 Å². The van der Waals surface area contributed by atoms with Crippen LogP contribution in [-0.4, -0.2) is 72.7 Å². The number of fused-ring (bicyclic) bond motifs is 1. The first kappa shape index (κ1) is 26.0. The van der Waals surface area contributed by atoms with Crippen molar-refractivity contribution in [1.29, 1.82) is 0 Å². The molecule has 0 aliphatic heterocycles. The second-order valence-electron chi connectivity index (χ2n) is 7.98. The summed E-state index contributed by atoms with van der Waals surface area (Å²) in [5.74, 6) is 0.470. The van der Waals surface area contributed by atoms with Crippen molar-refractivity contribution < 1.29 is 23.8 Å². The van der Waals surface area contributed by atoms with Crippen LogP contribution in [0.3, 0.4) is 0 Å². The molecule has 0 fully saturated rings. The van der Waals surface area contributed by atoms with E-state index in [2.05, 4.69) is 15.6 Å². The molecule has 0 spiro atoms. The van der Waals surface area contributed by atoms with Crippen LogP contribution >= 0.6 is 0 Å². The van der Waals surface area contributed by atoms with Crippen LogP contribution in [0.15, 0.2) is 42.5 Å². The Kier molecular flexibility index (Phi) is 9.42. The maximum absolute atomic E-state index is 13.7. The number of hydrogen-bond donors (Lipinski definition) is 1. The van der Waals surface area contributed by atoms with E-state index < -0.39 is 6.04 Å². The minimum atomic E-state index is -0.875. The first-order chi connectivity index (χ1) is 17.0. The van der Waals surface area contributed by atoms with E-state index in [1.165, 1.54) is 7.11 Å². The van der Waals surface area contributed by atoms with Crippen molar-refractivity contribution in [2.45, 2.75) is 32.4 Å². The number of carbonyl (C=O) groups is 2. The summed E-state index contributed by atoms with van der Waals surface area (Å²) in [5.41, 5.74) is 2.07. The molecule has 0 saturated carbocycles. The number of rotatable bonds is 13. The summed E-state index contributed by atoms with van der Waals surface area (Å²) in [6.07, 6.45) is 1.60. The van der Waals surface area contributed by atoms with Crippen LogP contribution in [0, 0.1) is 0 Å². The summed E-state index contributed by atoms with van der Waals surface area (Å²) in [6.45, 7) is 3.08. The number of ether oxygens (including phenoxy) is 3. The quantitative estimate of drug-likeness (QED) is 0.372. The van der Waals surface area contributed by atoms with Crippen molar-refractivity contribution >= 4 is 22.8 Å². The van der Waals surface area contributed by atoms with Crippen LogP contribution in [0.1, 0.15) is 31.4 Å². The Hall–Kier alpha value is -3.66. The second kappa shape index (κ2) is 12.7. The van der Waals surface area contributed by atoms with E-state index in [0.717, 1.165) is 18.4 Å². The van der Waals surface area contributed by atoms with Gasteiger partial charge in [0.2, 0.25) is 11.8 Å². The van der Waals surface area contributed by atoms with E-state index in [1.54, 1.807) is 42.0 Å². The number of carbonyl (C=O) groups excluding carboxylic acids is 2. The highest BCUT2D eigenvalue weighted by molar-refractivity contribution is 5.89. The standard InChI is InChI=1S/C25H33N5O5/c1-5-6-14-29(23(31)17-30-20-10-8-7-9-19(20)27-28-30)24(25(32)26-13-15-33-2)18-11-12-21(34-3)22(16-18)35-4/h7-12,16,24H,5-6,13-15,17H2,1-4H3,(H,26,32). The fraction of sp³-hybridized carbons (Fsp3) is 0.440. The normalized spacial score (nSPS) is 11.8. The Balaban J connectivity index is 1.99. The molecule has 0 radical (unpaired) electrons. The van der Waals surface area contributed by atoms with Gasteiger partial charge in [0.05, 0.1) is 26.3 Å². The van der Waals surface area contributed by atoms with Crippen molar-refractivity contribution in [1.82, 2.24) is 25.2 Å². The van der Waals surface area contributed by atoms with E-state index in [0.29, 0.717) is 42.3 Å². The third-order valence-corrected chi connectivity index (χ3v) is 5.67. The molecule has 35 heavy (non-hydrogen) atoms. The molecule has 0 bridgehead atoms. The highest BCUT2D eigenvalue weighted by Gasteiger charge is 2.32. The van der Waals surface area contributed by atoms with E-state index >= 15 is 0 Å². The average Bonchev–Trinajstić information content (AvgIpc) is 3.28. The molecule has 10 heteroatoms. The molecule has 3 aromatic rings. The number of aromatic nitrogens is 3. The molecule has 0 saturated heterocycles. The fourth-order valence-electron chi connectivity index (χ4n) is 3.85. The number of para-hydroxylation sites is 1. The highest BCUT2D eigenvalue weighted by Crippen LogP contribution is 2.32. The fourth-order valence-corrected chi connectivity index (χ4v) is 3.85. The van der Waals surface area contributed by atoms with Gasteiger partial charge in [0.15, 0.2) is 11.5 Å². The molecule has 1 aromatic heterocycles. The Labute approximate surface area is 205 Å². The van der Waals surface area contributed by atoms with Gasteiger partial charge in [-0.2, -0.15) is 0 Å². The van der Waals surface area contributed by atoms with Gasteiger partial charge in [-0.3, -0.25) is 9.59 Å². The Morgan fingerprint density at radius 3 is 2.57 bits per heavy atom. The van der Waals surface area contributed by atoms with E-state index in [-0.39, 0.29) is 18.4 Å². The molecule has 10 nitrogen and oxygen atoms in total. The molecule has 1 atom stereocenters. The summed E-state index contributed by atoms with van der Waals surface area (Å²) in [6, 6.07) is 11.8. The van der Waals surface area contributed by atoms with Crippen LogP contribution in [0.5, 0.6) is 11.5 Å². The van der Waals surface area contributed by atoms with Gasteiger partial charge in [-0.25, -0.2) is 4.68 Å². The predicted molar refractivity (Wildman–Crippen MR) is 131 cm³/mol. The molecule has 0 aliphatic carbocycles. The third-order valence-electron chi connectivity index (χ3n) is 5.67. The molecule has 0 aliphatic rings. The van der Waals surface area contributed by atoms with Crippen molar-refractivity contribution in [3.05, 3.63) is 48.0 Å². The van der Waals surface area contributed by atoms with Gasteiger partial charge in [0.25, 0.3) is 0 Å². The highest BCUT2D eigenvalue weighted by atomic mass is 16.5. The smallest absolute Gasteiger partial charge is 0.247 e. The van der Waals surface area contributed by atoms with E-state index in [4.69, 9.17) is 14.2 Å². The van der Waals surface area contributed by atoms with Crippen molar-refractivity contribution in [3.8, 4) is 11.5 Å². The molecule has 2 amide bonds. The van der Waals surface area contributed by atoms with Gasteiger partial charge >= 0.3 is 0 Å². The van der Waals surface area contributed by atoms with Gasteiger partial charge in [-0.05, 0) is 36.2 Å². The molecule has 2 aromatic carbocycles. The first-order valence-corrected chi connectivity index (χ1v) is 11.6. The largest absolute Gasteiger partial charge is 0.493 e. The molecule has 1 N–H and O–H groups in total. The number of benzene rings is 2. The van der Waals surface area contributed by atoms with Crippen LogP contribution in [0.4, 0.5) is 0 Å². The van der Waals surface area contributed by atoms with Gasteiger partial charge < -0.3 is 24.4 Å². The Morgan fingerprint density at radius 2 is 1.86 bits per heavy atom. The van der Waals surface area contributed by atoms with Crippen molar-refractivity contribution in [2.75, 3.05) is 41.0 Å². The zero-order valence-electron chi connectivity index (χ0n) is 20.7. The molecule has 188 valence electrons. The summed E-state index contributed by atoms with van der Waals surface area (Å²) >= 11 is 0. The maximum atomic E-state index is 13.7. The molecular formula is C25H33N5O5. The van der Waals surface area contributed by atoms with Crippen LogP contribution in [-0.2, 0) is 20.9 Å². The average molecular weight is 484 g/mol. The Bertz CT molecular complexity index is 1130. The van der Waals surface area contributed by atoms with Gasteiger partial charge in [0, 0.05) is 20.2 Å². The number of methoxy groups -OCH3 is 3. The molecule has 3 rings (SSSR count). The third kappa shape index (κ3) is 6.27. The minimum Gasteiger partial charge on any atom is -0.493 e. The van der Waals surface area contributed by atoms with Crippen LogP contribution < -0.4 is 14.8 Å². The van der Waals surface area contributed by atoms with E-state index in [1.807, 2.05) is 31.2 Å². The molecular weight excluding hydrogens is 450 g/mol. The lowest BCUT2D eigenvalue weighted by molar-refractivity contribution is -0.141. The summed E-state index contributed by atoms with van der Waals surface area (Å²) in [7, 11) is 4.65. The zero-order valence-corrected chi connectivity index (χ0v) is 20.7. The lowest BCUT2D eigenvalue weighted by atomic mass is 10.0. The lowest BCUT2D eigenvalue weighted by Crippen LogP contribution is -2.46. The number of hydrogen-bond acceptors (Lipinski definition) is 7. The summed E-state index contributed by atoms with van der Waals surface area (Å²) in [5, 5.41) is 11.2. The lowest BCUT2D eigenvalue weighted by Gasteiger charge is -2.32. The monoisotopic (exact) mass is 483 g/mol. The summed E-state index contributed by atoms with van der Waals surface area (Å²) < 4.78 is 17.4.